The summed E-state index contributed by atoms with van der Waals surface area (Å²) in [5, 5.41) is 41.2. The lowest BCUT2D eigenvalue weighted by Crippen LogP contribution is -2.12. The molecule has 0 atom stereocenters. The molecule has 1 amide bonds. The zero-order valence-corrected chi connectivity index (χ0v) is 16.7. The molecule has 0 saturated heterocycles. The van der Waals surface area contributed by atoms with E-state index >= 15 is 0 Å². The molecular weight excluding hydrogens is 402 g/mol. The number of hydrogen-bond donors (Lipinski definition) is 3. The van der Waals surface area contributed by atoms with Gasteiger partial charge in [-0.25, -0.2) is 0 Å². The molecule has 3 aromatic carbocycles. The van der Waals surface area contributed by atoms with Crippen molar-refractivity contribution < 1.29 is 15.0 Å². The van der Waals surface area contributed by atoms with E-state index in [2.05, 4.69) is 25.7 Å². The first-order chi connectivity index (χ1) is 14.5. The number of aliphatic hydroxyl groups excluding tert-OH is 1. The fraction of sp³-hybridized carbons (Fsp3) is 0.0952. The van der Waals surface area contributed by atoms with Crippen LogP contribution in [-0.2, 0) is 6.61 Å². The molecule has 3 N–H and O–H groups in total. The lowest BCUT2D eigenvalue weighted by molar-refractivity contribution is 0.102. The Morgan fingerprint density at radius 2 is 1.87 bits per heavy atom. The number of phenols is 1. The van der Waals surface area contributed by atoms with E-state index in [9.17, 15) is 9.90 Å². The highest BCUT2D eigenvalue weighted by Gasteiger charge is 2.18. The van der Waals surface area contributed by atoms with Crippen molar-refractivity contribution in [3.8, 4) is 5.75 Å². The van der Waals surface area contributed by atoms with Crippen LogP contribution in [0.4, 0.5) is 16.5 Å². The van der Waals surface area contributed by atoms with E-state index in [4.69, 9.17) is 5.11 Å². The summed E-state index contributed by atoms with van der Waals surface area (Å²) >= 11 is 1.27. The molecule has 0 aliphatic rings. The smallest absolute Gasteiger partial charge is 0.259 e. The maximum atomic E-state index is 12.8. The van der Waals surface area contributed by atoms with Gasteiger partial charge in [0, 0.05) is 11.1 Å². The van der Waals surface area contributed by atoms with Gasteiger partial charge in [-0.2, -0.15) is 0 Å². The van der Waals surface area contributed by atoms with E-state index < -0.39 is 5.91 Å². The Labute approximate surface area is 175 Å². The lowest BCUT2D eigenvalue weighted by atomic mass is 10.0. The number of fused-ring (bicyclic) bond motifs is 1. The predicted molar refractivity (Wildman–Crippen MR) is 115 cm³/mol. The normalized spacial score (nSPS) is 11.3. The number of anilines is 1. The van der Waals surface area contributed by atoms with Crippen LogP contribution >= 0.6 is 11.3 Å². The van der Waals surface area contributed by atoms with Crippen molar-refractivity contribution in [3.05, 3.63) is 70.7 Å². The molecule has 1 heterocycles. The number of hydrogen-bond acceptors (Lipinski definition) is 8. The minimum atomic E-state index is -0.488. The number of aliphatic hydroxyl groups is 1. The van der Waals surface area contributed by atoms with Crippen LogP contribution in [0.5, 0.6) is 5.75 Å². The van der Waals surface area contributed by atoms with Crippen molar-refractivity contribution in [1.29, 1.82) is 0 Å². The minimum absolute atomic E-state index is 0.0716. The zero-order chi connectivity index (χ0) is 21.1. The summed E-state index contributed by atoms with van der Waals surface area (Å²) in [6, 6.07) is 15.7. The number of carbonyl (C=O) groups is 1. The summed E-state index contributed by atoms with van der Waals surface area (Å²) in [4.78, 5) is 12.8. The molecule has 1 aromatic heterocycles. The first-order valence-corrected chi connectivity index (χ1v) is 9.84. The van der Waals surface area contributed by atoms with Crippen molar-refractivity contribution >= 4 is 44.5 Å². The van der Waals surface area contributed by atoms with Crippen molar-refractivity contribution in [2.75, 3.05) is 5.32 Å². The number of carbonyl (C=O) groups excluding carboxylic acids is 1. The Balaban J connectivity index is 1.73. The Hall–Kier alpha value is -3.69. The van der Waals surface area contributed by atoms with Crippen molar-refractivity contribution in [1.82, 2.24) is 10.2 Å². The number of nitrogens with zero attached hydrogens (tertiary/aromatic N) is 4. The number of phenolic OH excluding ortho intramolecular Hbond substituents is 1. The van der Waals surface area contributed by atoms with Crippen LogP contribution < -0.4 is 5.32 Å². The average Bonchev–Trinajstić information content (AvgIpc) is 3.18. The largest absolute Gasteiger partial charge is 0.505 e. The summed E-state index contributed by atoms with van der Waals surface area (Å²) in [6.07, 6.45) is 0. The average molecular weight is 419 g/mol. The standard InChI is InChI=1S/C21H17N5O3S/c1-12-23-25-21(30-12)26-24-18-16-5-3-2-4-14(16)10-17(19(18)28)20(29)22-15-8-6-13(11-27)7-9-15/h2-10,27-28H,11H2,1H3,(H,22,29)/b26-24+. The third-order valence-corrected chi connectivity index (χ3v) is 5.11. The van der Waals surface area contributed by atoms with Crippen LogP contribution in [0.3, 0.4) is 0 Å². The van der Waals surface area contributed by atoms with E-state index in [0.29, 0.717) is 16.2 Å². The minimum Gasteiger partial charge on any atom is -0.505 e. The van der Waals surface area contributed by atoms with E-state index in [1.807, 2.05) is 25.1 Å². The second kappa shape index (κ2) is 8.36. The van der Waals surface area contributed by atoms with E-state index in [1.165, 1.54) is 11.3 Å². The second-order valence-electron chi connectivity index (χ2n) is 6.46. The molecule has 4 rings (SSSR count). The summed E-state index contributed by atoms with van der Waals surface area (Å²) < 4.78 is 0. The van der Waals surface area contributed by atoms with Gasteiger partial charge in [-0.15, -0.1) is 20.4 Å². The van der Waals surface area contributed by atoms with Gasteiger partial charge >= 0.3 is 0 Å². The van der Waals surface area contributed by atoms with Gasteiger partial charge < -0.3 is 15.5 Å². The molecule has 0 aliphatic carbocycles. The van der Waals surface area contributed by atoms with Gasteiger partial charge in [0.05, 0.1) is 12.2 Å². The summed E-state index contributed by atoms with van der Waals surface area (Å²) in [5.74, 6) is -0.763. The molecule has 0 saturated carbocycles. The fourth-order valence-corrected chi connectivity index (χ4v) is 3.41. The molecule has 0 radical (unpaired) electrons. The van der Waals surface area contributed by atoms with Gasteiger partial charge in [0.25, 0.3) is 11.0 Å². The van der Waals surface area contributed by atoms with Crippen LogP contribution in [0.1, 0.15) is 20.9 Å². The number of aromatic hydroxyl groups is 1. The summed E-state index contributed by atoms with van der Waals surface area (Å²) in [6.45, 7) is 1.73. The maximum absolute atomic E-state index is 12.8. The third kappa shape index (κ3) is 4.02. The molecule has 9 heteroatoms. The van der Waals surface area contributed by atoms with Gasteiger partial charge in [-0.3, -0.25) is 4.79 Å². The molecule has 30 heavy (non-hydrogen) atoms. The molecule has 150 valence electrons. The van der Waals surface area contributed by atoms with Crippen molar-refractivity contribution in [2.45, 2.75) is 13.5 Å². The molecular formula is C21H17N5O3S. The predicted octanol–water partition coefficient (Wildman–Crippen LogP) is 4.87. The first kappa shape index (κ1) is 19.6. The van der Waals surface area contributed by atoms with Crippen LogP contribution in [0.25, 0.3) is 10.8 Å². The monoisotopic (exact) mass is 419 g/mol. The van der Waals surface area contributed by atoms with Crippen LogP contribution in [0.15, 0.2) is 64.8 Å². The van der Waals surface area contributed by atoms with Crippen molar-refractivity contribution in [3.63, 3.8) is 0 Å². The van der Waals surface area contributed by atoms with Crippen molar-refractivity contribution in [2.24, 2.45) is 10.2 Å². The number of aromatic nitrogens is 2. The van der Waals surface area contributed by atoms with Gasteiger partial charge in [0.2, 0.25) is 0 Å². The SMILES string of the molecule is Cc1nnc(/N=N/c2c(O)c(C(=O)Nc3ccc(CO)cc3)cc3ccccc23)s1. The van der Waals surface area contributed by atoms with Gasteiger partial charge in [-0.05, 0) is 36.1 Å². The first-order valence-electron chi connectivity index (χ1n) is 9.03. The lowest BCUT2D eigenvalue weighted by Gasteiger charge is -2.11. The molecule has 0 aliphatic heterocycles. The molecule has 0 unspecified atom stereocenters. The van der Waals surface area contributed by atoms with Gasteiger partial charge in [-0.1, -0.05) is 47.7 Å². The number of azo groups is 1. The molecule has 0 fully saturated rings. The number of nitrogens with one attached hydrogen (secondary N) is 1. The number of rotatable bonds is 5. The Morgan fingerprint density at radius 3 is 2.57 bits per heavy atom. The molecule has 8 nitrogen and oxygen atoms in total. The summed E-state index contributed by atoms with van der Waals surface area (Å²) in [7, 11) is 0. The van der Waals surface area contributed by atoms with Crippen LogP contribution in [0.2, 0.25) is 0 Å². The third-order valence-electron chi connectivity index (χ3n) is 4.39. The summed E-state index contributed by atoms with van der Waals surface area (Å²) in [5.41, 5.74) is 1.53. The quantitative estimate of drug-likeness (QED) is 0.399. The van der Waals surface area contributed by atoms with Crippen LogP contribution in [0, 0.1) is 6.92 Å². The molecule has 0 spiro atoms. The second-order valence-corrected chi connectivity index (χ2v) is 7.62. The zero-order valence-electron chi connectivity index (χ0n) is 15.9. The van der Waals surface area contributed by atoms with Crippen LogP contribution in [-0.4, -0.2) is 26.3 Å². The van der Waals surface area contributed by atoms with Gasteiger partial charge in [0.1, 0.15) is 10.7 Å². The van der Waals surface area contributed by atoms with E-state index in [-0.39, 0.29) is 23.6 Å². The number of aryl methyl sites for hydroxylation is 1. The Bertz CT molecular complexity index is 1250. The highest BCUT2D eigenvalue weighted by atomic mass is 32.1. The van der Waals surface area contributed by atoms with Gasteiger partial charge in [0.15, 0.2) is 5.75 Å². The highest BCUT2D eigenvalue weighted by molar-refractivity contribution is 7.14. The number of benzene rings is 3. The van der Waals surface area contributed by atoms with E-state index in [0.717, 1.165) is 16.0 Å². The Morgan fingerprint density at radius 1 is 1.10 bits per heavy atom. The number of amides is 1. The van der Waals surface area contributed by atoms with E-state index in [1.54, 1.807) is 36.4 Å². The molecule has 4 aromatic rings. The topological polar surface area (TPSA) is 120 Å². The Kier molecular flexibility index (Phi) is 5.46. The maximum Gasteiger partial charge on any atom is 0.259 e. The highest BCUT2D eigenvalue weighted by Crippen LogP contribution is 2.39. The molecule has 0 bridgehead atoms. The fourth-order valence-electron chi connectivity index (χ4n) is 2.90.